The standard InChI is InChI=1S/C31H35N.ClH/c1-4-11-27-24(8-1)15-16-25-9-2-5-12-28(25)29(27)13-7-21-32-22-19-31(20-23-32)18-17-26-10-3-6-14-30(26)31;/h1-6,8-12,14,29H,7,13,15-23H2;1H. The molecule has 1 heterocycles. The quantitative estimate of drug-likeness (QED) is 0.403. The summed E-state index contributed by atoms with van der Waals surface area (Å²) in [5.74, 6) is 0.558. The van der Waals surface area contributed by atoms with Crippen LogP contribution in [0.1, 0.15) is 71.4 Å². The van der Waals surface area contributed by atoms with Gasteiger partial charge in [0.1, 0.15) is 0 Å². The average Bonchev–Trinajstić information content (AvgIpc) is 3.12. The van der Waals surface area contributed by atoms with Crippen molar-refractivity contribution in [2.45, 2.75) is 62.7 Å². The molecule has 0 atom stereocenters. The van der Waals surface area contributed by atoms with Gasteiger partial charge in [0.15, 0.2) is 0 Å². The van der Waals surface area contributed by atoms with Crippen molar-refractivity contribution in [2.75, 3.05) is 19.6 Å². The van der Waals surface area contributed by atoms with E-state index in [0.29, 0.717) is 11.3 Å². The Labute approximate surface area is 205 Å². The number of aryl methyl sites for hydroxylation is 3. The van der Waals surface area contributed by atoms with Gasteiger partial charge in [0.2, 0.25) is 0 Å². The zero-order valence-corrected chi connectivity index (χ0v) is 20.5. The van der Waals surface area contributed by atoms with E-state index >= 15 is 0 Å². The summed E-state index contributed by atoms with van der Waals surface area (Å²) in [6, 6.07) is 27.7. The first-order chi connectivity index (χ1) is 15.8. The van der Waals surface area contributed by atoms with Crippen LogP contribution in [-0.2, 0) is 24.7 Å². The summed E-state index contributed by atoms with van der Waals surface area (Å²) >= 11 is 0. The minimum absolute atomic E-state index is 0. The first-order valence-electron chi connectivity index (χ1n) is 12.8. The summed E-state index contributed by atoms with van der Waals surface area (Å²) < 4.78 is 0. The fraction of sp³-hybridized carbons (Fsp3) is 0.419. The van der Waals surface area contributed by atoms with E-state index in [1.54, 1.807) is 33.4 Å². The molecule has 1 saturated heterocycles. The van der Waals surface area contributed by atoms with E-state index in [9.17, 15) is 0 Å². The Balaban J connectivity index is 0.00000228. The van der Waals surface area contributed by atoms with Gasteiger partial charge in [-0.1, -0.05) is 72.8 Å². The minimum atomic E-state index is 0. The van der Waals surface area contributed by atoms with Crippen LogP contribution in [0.15, 0.2) is 72.8 Å². The van der Waals surface area contributed by atoms with Crippen LogP contribution < -0.4 is 0 Å². The van der Waals surface area contributed by atoms with Gasteiger partial charge < -0.3 is 4.90 Å². The van der Waals surface area contributed by atoms with Crippen molar-refractivity contribution in [3.63, 3.8) is 0 Å². The molecule has 1 aliphatic heterocycles. The summed E-state index contributed by atoms with van der Waals surface area (Å²) in [5, 5.41) is 0. The molecule has 0 aromatic heterocycles. The first-order valence-corrected chi connectivity index (χ1v) is 12.8. The molecule has 6 rings (SSSR count). The Morgan fingerprint density at radius 2 is 1.24 bits per heavy atom. The minimum Gasteiger partial charge on any atom is -0.303 e. The molecule has 3 aliphatic rings. The van der Waals surface area contributed by atoms with Crippen molar-refractivity contribution in [2.24, 2.45) is 0 Å². The number of benzene rings is 3. The molecule has 1 nitrogen and oxygen atoms in total. The van der Waals surface area contributed by atoms with Crippen LogP contribution in [0.2, 0.25) is 0 Å². The van der Waals surface area contributed by atoms with E-state index in [-0.39, 0.29) is 12.4 Å². The summed E-state index contributed by atoms with van der Waals surface area (Å²) in [4.78, 5) is 2.75. The third-order valence-corrected chi connectivity index (χ3v) is 8.77. The second-order valence-corrected chi connectivity index (χ2v) is 10.4. The van der Waals surface area contributed by atoms with Gasteiger partial charge in [-0.3, -0.25) is 0 Å². The molecule has 0 unspecified atom stereocenters. The van der Waals surface area contributed by atoms with E-state index < -0.39 is 0 Å². The van der Waals surface area contributed by atoms with Crippen molar-refractivity contribution in [3.8, 4) is 0 Å². The van der Waals surface area contributed by atoms with Gasteiger partial charge in [0, 0.05) is 5.92 Å². The van der Waals surface area contributed by atoms with Gasteiger partial charge in [-0.2, -0.15) is 0 Å². The Morgan fingerprint density at radius 1 is 0.667 bits per heavy atom. The SMILES string of the molecule is Cl.c1ccc2c(c1)CCc1ccccc1C2CCCN1CCC2(CCc3ccccc32)CC1. The van der Waals surface area contributed by atoms with Gasteiger partial charge in [-0.05, 0) is 110 Å². The maximum absolute atomic E-state index is 2.75. The third kappa shape index (κ3) is 4.27. The Morgan fingerprint density at radius 3 is 1.91 bits per heavy atom. The highest BCUT2D eigenvalue weighted by Crippen LogP contribution is 2.46. The molecule has 1 spiro atoms. The van der Waals surface area contributed by atoms with E-state index in [4.69, 9.17) is 0 Å². The predicted molar refractivity (Wildman–Crippen MR) is 141 cm³/mol. The van der Waals surface area contributed by atoms with Crippen LogP contribution in [0.3, 0.4) is 0 Å². The normalized spacial score (nSPS) is 19.3. The van der Waals surface area contributed by atoms with E-state index in [1.807, 2.05) is 0 Å². The molecule has 172 valence electrons. The topological polar surface area (TPSA) is 3.24 Å². The highest BCUT2D eigenvalue weighted by atomic mass is 35.5. The third-order valence-electron chi connectivity index (χ3n) is 8.77. The van der Waals surface area contributed by atoms with Crippen LogP contribution in [0, 0.1) is 0 Å². The van der Waals surface area contributed by atoms with Gasteiger partial charge in [-0.15, -0.1) is 12.4 Å². The van der Waals surface area contributed by atoms with Crippen LogP contribution in [0.5, 0.6) is 0 Å². The molecule has 2 heteroatoms. The number of rotatable bonds is 4. The highest BCUT2D eigenvalue weighted by molar-refractivity contribution is 5.85. The Hall–Kier alpha value is -2.09. The summed E-state index contributed by atoms with van der Waals surface area (Å²) in [7, 11) is 0. The van der Waals surface area contributed by atoms with Gasteiger partial charge >= 0.3 is 0 Å². The largest absolute Gasteiger partial charge is 0.303 e. The maximum Gasteiger partial charge on any atom is 0.00952 e. The molecule has 3 aromatic rings. The molecule has 2 aliphatic carbocycles. The lowest BCUT2D eigenvalue weighted by Gasteiger charge is -2.40. The Kier molecular flexibility index (Phi) is 6.63. The second-order valence-electron chi connectivity index (χ2n) is 10.4. The fourth-order valence-corrected chi connectivity index (χ4v) is 6.96. The number of piperidine rings is 1. The molecule has 1 fully saturated rings. The monoisotopic (exact) mass is 457 g/mol. The van der Waals surface area contributed by atoms with Crippen molar-refractivity contribution >= 4 is 12.4 Å². The summed E-state index contributed by atoms with van der Waals surface area (Å²) in [5.41, 5.74) is 10.1. The average molecular weight is 458 g/mol. The number of hydrogen-bond acceptors (Lipinski definition) is 1. The first kappa shape index (κ1) is 22.7. The molecule has 0 bridgehead atoms. The highest BCUT2D eigenvalue weighted by Gasteiger charge is 2.40. The second kappa shape index (κ2) is 9.65. The molecular formula is C31H36ClN. The van der Waals surface area contributed by atoms with Crippen molar-refractivity contribution < 1.29 is 0 Å². The molecular weight excluding hydrogens is 422 g/mol. The number of nitrogens with zero attached hydrogens (tertiary/aromatic N) is 1. The van der Waals surface area contributed by atoms with Crippen LogP contribution >= 0.6 is 12.4 Å². The number of hydrogen-bond donors (Lipinski definition) is 0. The van der Waals surface area contributed by atoms with Crippen molar-refractivity contribution in [1.82, 2.24) is 4.90 Å². The lowest BCUT2D eigenvalue weighted by molar-refractivity contribution is 0.156. The van der Waals surface area contributed by atoms with E-state index in [1.165, 1.54) is 71.0 Å². The van der Waals surface area contributed by atoms with Gasteiger partial charge in [0.05, 0.1) is 0 Å². The van der Waals surface area contributed by atoms with Crippen molar-refractivity contribution in [1.29, 1.82) is 0 Å². The maximum atomic E-state index is 2.75. The van der Waals surface area contributed by atoms with Gasteiger partial charge in [-0.25, -0.2) is 0 Å². The summed E-state index contributed by atoms with van der Waals surface area (Å²) in [6.45, 7) is 3.79. The zero-order chi connectivity index (χ0) is 21.4. The molecule has 3 aromatic carbocycles. The zero-order valence-electron chi connectivity index (χ0n) is 19.6. The molecule has 0 N–H and O–H groups in total. The molecule has 0 amide bonds. The molecule has 33 heavy (non-hydrogen) atoms. The van der Waals surface area contributed by atoms with Gasteiger partial charge in [0.25, 0.3) is 0 Å². The van der Waals surface area contributed by atoms with Crippen molar-refractivity contribution in [3.05, 3.63) is 106 Å². The number of halogens is 1. The lowest BCUT2D eigenvalue weighted by atomic mass is 9.74. The lowest BCUT2D eigenvalue weighted by Crippen LogP contribution is -2.41. The van der Waals surface area contributed by atoms with Crippen LogP contribution in [-0.4, -0.2) is 24.5 Å². The summed E-state index contributed by atoms with van der Waals surface area (Å²) in [6.07, 6.45) is 10.3. The number of likely N-dealkylation sites (tertiary alicyclic amines) is 1. The Bertz CT molecular complexity index is 1050. The molecule has 0 radical (unpaired) electrons. The van der Waals surface area contributed by atoms with Crippen LogP contribution in [0.25, 0.3) is 0 Å². The molecule has 0 saturated carbocycles. The fourth-order valence-electron chi connectivity index (χ4n) is 6.96. The van der Waals surface area contributed by atoms with Crippen LogP contribution in [0.4, 0.5) is 0 Å². The smallest absolute Gasteiger partial charge is 0.00952 e. The predicted octanol–water partition coefficient (Wildman–Crippen LogP) is 7.10. The van der Waals surface area contributed by atoms with E-state index in [0.717, 1.165) is 0 Å². The number of fused-ring (bicyclic) bond motifs is 4. The van der Waals surface area contributed by atoms with E-state index in [2.05, 4.69) is 77.7 Å².